The van der Waals surface area contributed by atoms with Crippen LogP contribution >= 0.6 is 15.9 Å². The average Bonchev–Trinajstić information content (AvgIpc) is 2.81. The molecular formula is C13H16BrNO. The summed E-state index contributed by atoms with van der Waals surface area (Å²) in [5.41, 5.74) is 8.67. The number of hydrogen-bond acceptors (Lipinski definition) is 2. The molecule has 2 nitrogen and oxygen atoms in total. The van der Waals surface area contributed by atoms with E-state index in [1.54, 1.807) is 7.11 Å². The molecule has 0 aromatic heterocycles. The van der Waals surface area contributed by atoms with Crippen molar-refractivity contribution in [3.8, 4) is 5.75 Å². The predicted molar refractivity (Wildman–Crippen MR) is 69.6 cm³/mol. The summed E-state index contributed by atoms with van der Waals surface area (Å²) in [5.74, 6) is 0.856. The Hall–Kier alpha value is -0.800. The van der Waals surface area contributed by atoms with Crippen molar-refractivity contribution in [3.05, 3.63) is 39.9 Å². The third kappa shape index (κ3) is 2.30. The van der Waals surface area contributed by atoms with Gasteiger partial charge in [0.25, 0.3) is 0 Å². The normalized spacial score (nSPS) is 17.1. The van der Waals surface area contributed by atoms with E-state index in [-0.39, 0.29) is 6.04 Å². The minimum atomic E-state index is -0.0226. The highest BCUT2D eigenvalue weighted by Gasteiger charge is 2.18. The van der Waals surface area contributed by atoms with Crippen molar-refractivity contribution >= 4 is 15.9 Å². The Kier molecular flexibility index (Phi) is 3.66. The van der Waals surface area contributed by atoms with Gasteiger partial charge >= 0.3 is 0 Å². The fourth-order valence-corrected chi connectivity index (χ4v) is 2.46. The Morgan fingerprint density at radius 1 is 1.44 bits per heavy atom. The first-order valence-electron chi connectivity index (χ1n) is 5.50. The van der Waals surface area contributed by atoms with Gasteiger partial charge < -0.3 is 10.5 Å². The van der Waals surface area contributed by atoms with Crippen molar-refractivity contribution < 1.29 is 4.74 Å². The molecule has 0 radical (unpaired) electrons. The second kappa shape index (κ2) is 5.02. The summed E-state index contributed by atoms with van der Waals surface area (Å²) in [6, 6.07) is 5.98. The lowest BCUT2D eigenvalue weighted by Crippen LogP contribution is -2.13. The molecule has 1 aliphatic carbocycles. The zero-order valence-electron chi connectivity index (χ0n) is 9.37. The molecule has 0 saturated carbocycles. The van der Waals surface area contributed by atoms with E-state index in [1.165, 1.54) is 12.0 Å². The number of nitrogens with two attached hydrogens (primary N) is 1. The standard InChI is InChI=1S/C13H16BrNO/c1-16-12-8-10(14)6-7-11(12)13(15)9-4-2-3-5-9/h4,6-8,13H,2-3,5,15H2,1H3. The van der Waals surface area contributed by atoms with Gasteiger partial charge in [-0.1, -0.05) is 33.6 Å². The number of benzene rings is 1. The molecule has 0 bridgehead atoms. The SMILES string of the molecule is COc1cc(Br)ccc1C(N)C1=CCCC1. The van der Waals surface area contributed by atoms with Crippen LogP contribution in [0, 0.1) is 0 Å². The van der Waals surface area contributed by atoms with Crippen LogP contribution in [0.1, 0.15) is 30.9 Å². The van der Waals surface area contributed by atoms with E-state index >= 15 is 0 Å². The van der Waals surface area contributed by atoms with Crippen LogP contribution in [-0.4, -0.2) is 7.11 Å². The molecule has 1 aromatic rings. The molecule has 0 heterocycles. The largest absolute Gasteiger partial charge is 0.496 e. The number of methoxy groups -OCH3 is 1. The molecule has 3 heteroatoms. The van der Waals surface area contributed by atoms with Gasteiger partial charge in [-0.3, -0.25) is 0 Å². The first-order chi connectivity index (χ1) is 7.72. The van der Waals surface area contributed by atoms with Crippen LogP contribution in [0.4, 0.5) is 0 Å². The Morgan fingerprint density at radius 2 is 2.25 bits per heavy atom. The first kappa shape index (κ1) is 11.7. The third-order valence-corrected chi connectivity index (χ3v) is 3.50. The fraction of sp³-hybridized carbons (Fsp3) is 0.385. The highest BCUT2D eigenvalue weighted by Crippen LogP contribution is 2.34. The van der Waals surface area contributed by atoms with Gasteiger partial charge in [-0.25, -0.2) is 0 Å². The molecule has 1 atom stereocenters. The summed E-state index contributed by atoms with van der Waals surface area (Å²) in [6.07, 6.45) is 5.75. The molecule has 2 N–H and O–H groups in total. The summed E-state index contributed by atoms with van der Waals surface area (Å²) in [4.78, 5) is 0. The summed E-state index contributed by atoms with van der Waals surface area (Å²) in [7, 11) is 1.68. The number of allylic oxidation sites excluding steroid dienone is 1. The number of rotatable bonds is 3. The topological polar surface area (TPSA) is 35.2 Å². The molecule has 1 aromatic carbocycles. The van der Waals surface area contributed by atoms with Crippen LogP contribution in [0.25, 0.3) is 0 Å². The van der Waals surface area contributed by atoms with Crippen molar-refractivity contribution in [1.82, 2.24) is 0 Å². The summed E-state index contributed by atoms with van der Waals surface area (Å²) in [5, 5.41) is 0. The molecule has 0 spiro atoms. The van der Waals surface area contributed by atoms with Crippen LogP contribution in [0.3, 0.4) is 0 Å². The fourth-order valence-electron chi connectivity index (χ4n) is 2.12. The maximum Gasteiger partial charge on any atom is 0.125 e. The summed E-state index contributed by atoms with van der Waals surface area (Å²) < 4.78 is 6.38. The van der Waals surface area contributed by atoms with Gasteiger partial charge in [-0.2, -0.15) is 0 Å². The van der Waals surface area contributed by atoms with E-state index in [0.717, 1.165) is 28.6 Å². The van der Waals surface area contributed by atoms with E-state index in [9.17, 15) is 0 Å². The van der Waals surface area contributed by atoms with Crippen LogP contribution < -0.4 is 10.5 Å². The van der Waals surface area contributed by atoms with Gasteiger partial charge in [0.1, 0.15) is 5.75 Å². The van der Waals surface area contributed by atoms with Crippen LogP contribution in [0.2, 0.25) is 0 Å². The quantitative estimate of drug-likeness (QED) is 0.860. The van der Waals surface area contributed by atoms with E-state index in [0.29, 0.717) is 0 Å². The summed E-state index contributed by atoms with van der Waals surface area (Å²) in [6.45, 7) is 0. The molecule has 0 saturated heterocycles. The monoisotopic (exact) mass is 281 g/mol. The van der Waals surface area contributed by atoms with E-state index in [2.05, 4.69) is 22.0 Å². The Bertz CT molecular complexity index is 414. The second-order valence-corrected chi connectivity index (χ2v) is 4.95. The minimum absolute atomic E-state index is 0.0226. The molecule has 16 heavy (non-hydrogen) atoms. The third-order valence-electron chi connectivity index (χ3n) is 3.01. The van der Waals surface area contributed by atoms with E-state index < -0.39 is 0 Å². The van der Waals surface area contributed by atoms with Crippen LogP contribution in [0.5, 0.6) is 5.75 Å². The maximum absolute atomic E-state index is 6.26. The van der Waals surface area contributed by atoms with Crippen molar-refractivity contribution in [1.29, 1.82) is 0 Å². The number of hydrogen-bond donors (Lipinski definition) is 1. The van der Waals surface area contributed by atoms with Crippen LogP contribution in [0.15, 0.2) is 34.3 Å². The van der Waals surface area contributed by atoms with Gasteiger partial charge in [0.2, 0.25) is 0 Å². The van der Waals surface area contributed by atoms with Crippen molar-refractivity contribution in [2.24, 2.45) is 5.73 Å². The van der Waals surface area contributed by atoms with Gasteiger partial charge in [-0.15, -0.1) is 0 Å². The van der Waals surface area contributed by atoms with E-state index in [4.69, 9.17) is 10.5 Å². The lowest BCUT2D eigenvalue weighted by atomic mass is 9.98. The Labute approximate surface area is 105 Å². The average molecular weight is 282 g/mol. The molecule has 0 fully saturated rings. The van der Waals surface area contributed by atoms with E-state index in [1.807, 2.05) is 18.2 Å². The Morgan fingerprint density at radius 3 is 2.88 bits per heavy atom. The molecular weight excluding hydrogens is 266 g/mol. The molecule has 1 unspecified atom stereocenters. The van der Waals surface area contributed by atoms with Gasteiger partial charge in [-0.05, 0) is 31.4 Å². The van der Waals surface area contributed by atoms with Crippen molar-refractivity contribution in [2.45, 2.75) is 25.3 Å². The summed E-state index contributed by atoms with van der Waals surface area (Å²) >= 11 is 3.43. The van der Waals surface area contributed by atoms with Gasteiger partial charge in [0.05, 0.1) is 13.2 Å². The van der Waals surface area contributed by atoms with Crippen molar-refractivity contribution in [3.63, 3.8) is 0 Å². The number of ether oxygens (including phenoxy) is 1. The lowest BCUT2D eigenvalue weighted by Gasteiger charge is -2.17. The molecule has 2 rings (SSSR count). The minimum Gasteiger partial charge on any atom is -0.496 e. The molecule has 0 amide bonds. The van der Waals surface area contributed by atoms with Crippen LogP contribution in [-0.2, 0) is 0 Å². The molecule has 0 aliphatic heterocycles. The smallest absolute Gasteiger partial charge is 0.125 e. The predicted octanol–water partition coefficient (Wildman–Crippen LogP) is 3.57. The number of halogens is 1. The highest BCUT2D eigenvalue weighted by atomic mass is 79.9. The van der Waals surface area contributed by atoms with Gasteiger partial charge in [0.15, 0.2) is 0 Å². The van der Waals surface area contributed by atoms with Crippen molar-refractivity contribution in [2.75, 3.05) is 7.11 Å². The highest BCUT2D eigenvalue weighted by molar-refractivity contribution is 9.10. The maximum atomic E-state index is 6.26. The molecule has 86 valence electrons. The van der Waals surface area contributed by atoms with Gasteiger partial charge in [0, 0.05) is 10.0 Å². The second-order valence-electron chi connectivity index (χ2n) is 4.04. The zero-order valence-corrected chi connectivity index (χ0v) is 11.0. The Balaban J connectivity index is 2.31. The first-order valence-corrected chi connectivity index (χ1v) is 6.29. The molecule has 1 aliphatic rings. The lowest BCUT2D eigenvalue weighted by molar-refractivity contribution is 0.407. The zero-order chi connectivity index (χ0) is 11.5.